The van der Waals surface area contributed by atoms with E-state index in [2.05, 4.69) is 48.3 Å². The number of thioether (sulfide) groups is 1. The van der Waals surface area contributed by atoms with Crippen LogP contribution in [0.2, 0.25) is 10.0 Å². The van der Waals surface area contributed by atoms with Crippen LogP contribution in [0.25, 0.3) is 0 Å². The lowest BCUT2D eigenvalue weighted by Crippen LogP contribution is -2.25. The lowest BCUT2D eigenvalue weighted by molar-refractivity contribution is -0.118. The van der Waals surface area contributed by atoms with Crippen LogP contribution in [0.4, 0.5) is 5.69 Å². The Morgan fingerprint density at radius 3 is 2.38 bits per heavy atom. The maximum Gasteiger partial charge on any atom is 0.230 e. The fourth-order valence-electron chi connectivity index (χ4n) is 2.56. The van der Waals surface area contributed by atoms with Crippen molar-refractivity contribution < 1.29 is 4.79 Å². The van der Waals surface area contributed by atoms with Gasteiger partial charge in [0, 0.05) is 41.1 Å². The molecule has 1 amide bonds. The summed E-state index contributed by atoms with van der Waals surface area (Å²) in [5, 5.41) is 4.21. The molecule has 0 heterocycles. The van der Waals surface area contributed by atoms with Crippen LogP contribution in [-0.2, 0) is 17.1 Å². The molecule has 0 spiro atoms. The van der Waals surface area contributed by atoms with E-state index >= 15 is 0 Å². The normalized spacial score (nSPS) is 10.6. The number of amides is 1. The van der Waals surface area contributed by atoms with Crippen molar-refractivity contribution in [3.8, 4) is 0 Å². The lowest BCUT2D eigenvalue weighted by atomic mass is 10.2. The van der Waals surface area contributed by atoms with E-state index in [1.54, 1.807) is 6.07 Å². The van der Waals surface area contributed by atoms with Gasteiger partial charge in [0.25, 0.3) is 0 Å². The number of carbonyl (C=O) groups is 1. The first-order chi connectivity index (χ1) is 12.5. The predicted octanol–water partition coefficient (Wildman–Crippen LogP) is 5.39. The predicted molar refractivity (Wildman–Crippen MR) is 114 cm³/mol. The molecule has 0 saturated carbocycles. The fraction of sp³-hybridized carbons (Fsp3) is 0.350. The van der Waals surface area contributed by atoms with E-state index in [1.807, 2.05) is 12.1 Å². The van der Waals surface area contributed by atoms with Crippen LogP contribution < -0.4 is 10.2 Å². The summed E-state index contributed by atoms with van der Waals surface area (Å²) in [6, 6.07) is 13.8. The summed E-state index contributed by atoms with van der Waals surface area (Å²) in [5.41, 5.74) is 3.29. The lowest BCUT2D eigenvalue weighted by Gasteiger charge is -2.21. The fourth-order valence-corrected chi connectivity index (χ4v) is 3.97. The molecule has 0 radical (unpaired) electrons. The molecule has 2 aromatic rings. The molecule has 2 aromatic carbocycles. The van der Waals surface area contributed by atoms with Gasteiger partial charge < -0.3 is 10.2 Å². The Kier molecular flexibility index (Phi) is 8.63. The molecule has 2 rings (SSSR count). The minimum atomic E-state index is 0.0212. The van der Waals surface area contributed by atoms with Crippen LogP contribution in [-0.4, -0.2) is 24.7 Å². The highest BCUT2D eigenvalue weighted by atomic mass is 35.5. The number of halogens is 2. The van der Waals surface area contributed by atoms with Crippen molar-refractivity contribution in [1.82, 2.24) is 5.32 Å². The number of anilines is 1. The SMILES string of the molecule is CCN(CC)c1ccc(CNC(=O)CSCc2ccc(Cl)cc2Cl)cc1. The zero-order valence-corrected chi connectivity index (χ0v) is 17.4. The second kappa shape index (κ2) is 10.7. The summed E-state index contributed by atoms with van der Waals surface area (Å²) in [4.78, 5) is 14.3. The molecule has 0 saturated heterocycles. The van der Waals surface area contributed by atoms with Gasteiger partial charge in [-0.15, -0.1) is 11.8 Å². The van der Waals surface area contributed by atoms with Gasteiger partial charge in [0.2, 0.25) is 5.91 Å². The Morgan fingerprint density at radius 1 is 1.08 bits per heavy atom. The van der Waals surface area contributed by atoms with E-state index in [4.69, 9.17) is 23.2 Å². The Balaban J connectivity index is 1.74. The number of rotatable bonds is 9. The molecule has 0 bridgehead atoms. The first kappa shape index (κ1) is 20.9. The van der Waals surface area contributed by atoms with Gasteiger partial charge in [0.05, 0.1) is 5.75 Å². The van der Waals surface area contributed by atoms with Crippen LogP contribution in [0.15, 0.2) is 42.5 Å². The molecule has 26 heavy (non-hydrogen) atoms. The van der Waals surface area contributed by atoms with Gasteiger partial charge >= 0.3 is 0 Å². The smallest absolute Gasteiger partial charge is 0.230 e. The zero-order valence-electron chi connectivity index (χ0n) is 15.1. The van der Waals surface area contributed by atoms with Gasteiger partial charge in [-0.05, 0) is 49.2 Å². The van der Waals surface area contributed by atoms with Crippen molar-refractivity contribution in [3.05, 3.63) is 63.6 Å². The first-order valence-electron chi connectivity index (χ1n) is 8.65. The topological polar surface area (TPSA) is 32.3 Å². The van der Waals surface area contributed by atoms with E-state index < -0.39 is 0 Å². The molecular weight excluding hydrogens is 387 g/mol. The molecule has 0 aliphatic rings. The van der Waals surface area contributed by atoms with Crippen molar-refractivity contribution in [3.63, 3.8) is 0 Å². The van der Waals surface area contributed by atoms with Crippen LogP contribution in [0.3, 0.4) is 0 Å². The number of carbonyl (C=O) groups excluding carboxylic acids is 1. The van der Waals surface area contributed by atoms with E-state index in [1.165, 1.54) is 17.4 Å². The summed E-state index contributed by atoms with van der Waals surface area (Å²) >= 11 is 13.6. The largest absolute Gasteiger partial charge is 0.372 e. The van der Waals surface area contributed by atoms with Gasteiger partial charge in [-0.25, -0.2) is 0 Å². The molecule has 0 fully saturated rings. The van der Waals surface area contributed by atoms with Crippen molar-refractivity contribution in [2.75, 3.05) is 23.7 Å². The third-order valence-electron chi connectivity index (χ3n) is 4.06. The molecule has 140 valence electrons. The Bertz CT molecular complexity index is 718. The highest BCUT2D eigenvalue weighted by molar-refractivity contribution is 7.99. The van der Waals surface area contributed by atoms with Crippen molar-refractivity contribution >= 4 is 46.6 Å². The Morgan fingerprint density at radius 2 is 1.77 bits per heavy atom. The van der Waals surface area contributed by atoms with Crippen LogP contribution in [0.5, 0.6) is 0 Å². The molecule has 0 aromatic heterocycles. The molecule has 1 N–H and O–H groups in total. The van der Waals surface area contributed by atoms with Crippen LogP contribution in [0, 0.1) is 0 Å². The second-order valence-electron chi connectivity index (χ2n) is 5.84. The summed E-state index contributed by atoms with van der Waals surface area (Å²) in [5.74, 6) is 1.10. The number of hydrogen-bond acceptors (Lipinski definition) is 3. The summed E-state index contributed by atoms with van der Waals surface area (Å²) in [6.45, 7) is 6.81. The number of hydrogen-bond donors (Lipinski definition) is 1. The molecule has 0 atom stereocenters. The Hall–Kier alpha value is -1.36. The third-order valence-corrected chi connectivity index (χ3v) is 5.63. The second-order valence-corrected chi connectivity index (χ2v) is 7.67. The first-order valence-corrected chi connectivity index (χ1v) is 10.6. The minimum Gasteiger partial charge on any atom is -0.372 e. The van der Waals surface area contributed by atoms with Gasteiger partial charge in [-0.3, -0.25) is 4.79 Å². The quantitative estimate of drug-likeness (QED) is 0.601. The molecule has 0 aliphatic carbocycles. The van der Waals surface area contributed by atoms with Crippen molar-refractivity contribution in [1.29, 1.82) is 0 Å². The van der Waals surface area contributed by atoms with Crippen LogP contribution in [0.1, 0.15) is 25.0 Å². The monoisotopic (exact) mass is 410 g/mol. The van der Waals surface area contributed by atoms with E-state index in [9.17, 15) is 4.79 Å². The Labute approximate surface area is 170 Å². The van der Waals surface area contributed by atoms with Gasteiger partial charge in [0.1, 0.15) is 0 Å². The number of nitrogens with zero attached hydrogens (tertiary/aromatic N) is 1. The summed E-state index contributed by atoms with van der Waals surface area (Å²) in [7, 11) is 0. The van der Waals surface area contributed by atoms with Crippen molar-refractivity contribution in [2.24, 2.45) is 0 Å². The van der Waals surface area contributed by atoms with E-state index in [0.29, 0.717) is 28.1 Å². The highest BCUT2D eigenvalue weighted by Crippen LogP contribution is 2.24. The average molecular weight is 411 g/mol. The van der Waals surface area contributed by atoms with E-state index in [0.717, 1.165) is 24.2 Å². The molecule has 0 aliphatic heterocycles. The van der Waals surface area contributed by atoms with Gasteiger partial charge in [0.15, 0.2) is 0 Å². The van der Waals surface area contributed by atoms with Crippen LogP contribution >= 0.6 is 35.0 Å². The van der Waals surface area contributed by atoms with Gasteiger partial charge in [-0.2, -0.15) is 0 Å². The summed E-state index contributed by atoms with van der Waals surface area (Å²) < 4.78 is 0. The third kappa shape index (κ3) is 6.42. The zero-order chi connectivity index (χ0) is 18.9. The molecular formula is C20H24Cl2N2OS. The van der Waals surface area contributed by atoms with Crippen molar-refractivity contribution in [2.45, 2.75) is 26.1 Å². The number of nitrogens with one attached hydrogen (secondary N) is 1. The average Bonchev–Trinajstić information content (AvgIpc) is 2.64. The van der Waals surface area contributed by atoms with Gasteiger partial charge in [-0.1, -0.05) is 41.4 Å². The maximum atomic E-state index is 12.0. The standard InChI is InChI=1S/C20H24Cl2N2OS/c1-3-24(4-2)18-9-5-15(6-10-18)12-23-20(25)14-26-13-16-7-8-17(21)11-19(16)22/h5-11H,3-4,12-14H2,1-2H3,(H,23,25). The number of benzene rings is 2. The minimum absolute atomic E-state index is 0.0212. The molecule has 3 nitrogen and oxygen atoms in total. The van der Waals surface area contributed by atoms with E-state index in [-0.39, 0.29) is 5.91 Å². The highest BCUT2D eigenvalue weighted by Gasteiger charge is 2.06. The maximum absolute atomic E-state index is 12.0. The molecule has 0 unspecified atom stereocenters. The summed E-state index contributed by atoms with van der Waals surface area (Å²) in [6.07, 6.45) is 0. The molecule has 6 heteroatoms.